The fourth-order valence-electron chi connectivity index (χ4n) is 5.66. The zero-order chi connectivity index (χ0) is 44.4. The third-order valence-corrected chi connectivity index (χ3v) is 22.5. The van der Waals surface area contributed by atoms with E-state index < -0.39 is 30.1 Å². The van der Waals surface area contributed by atoms with Gasteiger partial charge in [0.05, 0.1) is 63.6 Å². The summed E-state index contributed by atoms with van der Waals surface area (Å²) in [5.74, 6) is 5.59. The van der Waals surface area contributed by atoms with E-state index in [-0.39, 0.29) is 48.7 Å². The minimum atomic E-state index is -1.31. The summed E-state index contributed by atoms with van der Waals surface area (Å²) in [5, 5.41) is 0. The fraction of sp³-hybridized carbons (Fsp3) is 0.976. The van der Waals surface area contributed by atoms with Crippen molar-refractivity contribution in [3.63, 3.8) is 0 Å². The quantitative estimate of drug-likeness (QED) is 0.0437. The van der Waals surface area contributed by atoms with Crippen LogP contribution in [0.15, 0.2) is 0 Å². The average molecular weight is 975 g/mol. The summed E-state index contributed by atoms with van der Waals surface area (Å²) >= 11 is 6.89. The topological polar surface area (TPSA) is 90.9 Å². The lowest BCUT2D eigenvalue weighted by atomic mass is 10.0. The normalized spacial score (nSPS) is 18.3. The van der Waals surface area contributed by atoms with Crippen molar-refractivity contribution >= 4 is 81.6 Å². The Hall–Kier alpha value is 2.31. The number of methoxy groups -OCH3 is 1. The maximum Gasteiger partial charge on any atom is 0.306 e. The molecule has 17 heteroatoms. The van der Waals surface area contributed by atoms with Gasteiger partial charge in [-0.05, 0) is 111 Å². The lowest BCUT2D eigenvalue weighted by Crippen LogP contribution is -2.16. The Bertz CT molecular complexity index is 923. The first-order valence-corrected chi connectivity index (χ1v) is 32.9. The summed E-state index contributed by atoms with van der Waals surface area (Å²) in [6.07, 6.45) is 5.94. The number of ether oxygens (including phenoxy) is 1. The molecule has 0 spiro atoms. The van der Waals surface area contributed by atoms with Gasteiger partial charge in [0, 0.05) is 29.2 Å². The molecule has 0 aromatic rings. The first-order chi connectivity index (χ1) is 27.1. The van der Waals surface area contributed by atoms with Crippen molar-refractivity contribution in [2.24, 2.45) is 29.6 Å². The van der Waals surface area contributed by atoms with Crippen LogP contribution >= 0.6 is 75.6 Å². The van der Waals surface area contributed by atoms with Crippen molar-refractivity contribution in [2.75, 3.05) is 36.3 Å². The largest absolute Gasteiger partial charge is 0.469 e. The number of carbonyl (C=O) groups is 1. The van der Waals surface area contributed by atoms with Gasteiger partial charge in [-0.1, -0.05) is 96.5 Å². The van der Waals surface area contributed by atoms with Crippen LogP contribution in [0, 0.1) is 29.6 Å². The van der Waals surface area contributed by atoms with E-state index >= 15 is 0 Å². The van der Waals surface area contributed by atoms with Crippen LogP contribution in [-0.4, -0.2) is 85.0 Å². The predicted molar refractivity (Wildman–Crippen MR) is 265 cm³/mol. The third kappa shape index (κ3) is 35.6. The van der Waals surface area contributed by atoms with Crippen molar-refractivity contribution in [3.8, 4) is 0 Å². The molecule has 10 atom stereocenters. The van der Waals surface area contributed by atoms with Crippen LogP contribution in [0.25, 0.3) is 0 Å². The van der Waals surface area contributed by atoms with Crippen LogP contribution < -0.4 is 0 Å². The highest BCUT2D eigenvalue weighted by Gasteiger charge is 2.28. The second kappa shape index (κ2) is 35.6. The van der Waals surface area contributed by atoms with Gasteiger partial charge in [0.1, 0.15) is 0 Å². The van der Waals surface area contributed by atoms with Gasteiger partial charge < -0.3 is 36.4 Å². The SMILES string of the molecule is COC(=O)CCSP(OC(C)C)OC(C)CSP(OC(C)CSP(CC(C)CC(C)C)OC(C)CC(C)C)OC(C)CSP(OC(C)CC(C)C)OC(C)CC(C)C. The first-order valence-electron chi connectivity index (χ1n) is 21.5. The summed E-state index contributed by atoms with van der Waals surface area (Å²) in [5.41, 5.74) is 0. The van der Waals surface area contributed by atoms with Crippen molar-refractivity contribution in [1.82, 2.24) is 0 Å². The Morgan fingerprint density at radius 1 is 0.448 bits per heavy atom. The van der Waals surface area contributed by atoms with Gasteiger partial charge in [0.25, 0.3) is 0 Å². The molecule has 0 amide bonds. The van der Waals surface area contributed by atoms with E-state index in [1.54, 1.807) is 22.8 Å². The highest BCUT2D eigenvalue weighted by molar-refractivity contribution is 8.54. The minimum absolute atomic E-state index is 0.00780. The molecule has 58 heavy (non-hydrogen) atoms. The summed E-state index contributed by atoms with van der Waals surface area (Å²) in [6.45, 7) is 37.3. The van der Waals surface area contributed by atoms with E-state index in [0.29, 0.717) is 47.5 Å². The minimum Gasteiger partial charge on any atom is -0.469 e. The molecule has 0 aromatic heterocycles. The Kier molecular flexibility index (Phi) is 37.0. The summed E-state index contributed by atoms with van der Waals surface area (Å²) < 4.78 is 50.7. The zero-order valence-electron chi connectivity index (χ0n) is 39.6. The highest BCUT2D eigenvalue weighted by Crippen LogP contribution is 2.60. The van der Waals surface area contributed by atoms with Gasteiger partial charge in [-0.3, -0.25) is 4.79 Å². The van der Waals surface area contributed by atoms with Crippen LogP contribution in [0.4, 0.5) is 0 Å². The molecule has 0 aliphatic rings. The molecule has 0 saturated heterocycles. The monoisotopic (exact) mass is 974 g/mol. The smallest absolute Gasteiger partial charge is 0.306 e. The molecule has 0 aromatic carbocycles. The molecule has 348 valence electrons. The molecule has 0 fully saturated rings. The van der Waals surface area contributed by atoms with Crippen LogP contribution in [0.2, 0.25) is 0 Å². The molecule has 0 aliphatic heterocycles. The molecule has 0 bridgehead atoms. The van der Waals surface area contributed by atoms with E-state index in [9.17, 15) is 4.79 Å². The molecule has 0 radical (unpaired) electrons. The average Bonchev–Trinajstić information content (AvgIpc) is 3.06. The molecular weight excluding hydrogens is 889 g/mol. The third-order valence-electron chi connectivity index (χ3n) is 7.68. The van der Waals surface area contributed by atoms with Crippen LogP contribution in [0.5, 0.6) is 0 Å². The Labute approximate surface area is 378 Å². The van der Waals surface area contributed by atoms with Crippen LogP contribution in [0.1, 0.15) is 150 Å². The Morgan fingerprint density at radius 2 is 0.810 bits per heavy atom. The summed E-state index contributed by atoms with van der Waals surface area (Å²) in [6, 6.07) is 0. The molecule has 0 rings (SSSR count). The van der Waals surface area contributed by atoms with Crippen molar-refractivity contribution in [1.29, 1.82) is 0 Å². The van der Waals surface area contributed by atoms with Gasteiger partial charge in [-0.25, -0.2) is 0 Å². The van der Waals surface area contributed by atoms with Crippen LogP contribution in [0.3, 0.4) is 0 Å². The Morgan fingerprint density at radius 3 is 1.19 bits per heavy atom. The lowest BCUT2D eigenvalue weighted by Gasteiger charge is -2.29. The number of hydrogen-bond donors (Lipinski definition) is 0. The highest BCUT2D eigenvalue weighted by atomic mass is 32.7. The summed E-state index contributed by atoms with van der Waals surface area (Å²) in [4.78, 5) is 11.7. The molecule has 10 unspecified atom stereocenters. The standard InChI is InChI=1S/C41H86O9P4S4/c1-29(2)21-34(11)25-51(45-35(12)22-30(3)4)56-26-38(15)49-54(58-27-39(16)48-52(44-33(9)10)55-20-19-41(42)43-18)50-40(17)28-57-53(46-36(13)23-31(5)6)47-37(14)24-32(7)8/h29-40H,19-28H2,1-18H3. The van der Waals surface area contributed by atoms with Crippen molar-refractivity contribution < 1.29 is 41.2 Å². The van der Waals surface area contributed by atoms with E-state index in [4.69, 9.17) is 36.4 Å². The van der Waals surface area contributed by atoms with Gasteiger partial charge in [0.2, 0.25) is 22.7 Å². The van der Waals surface area contributed by atoms with Crippen molar-refractivity contribution in [2.45, 2.75) is 193 Å². The maximum atomic E-state index is 11.7. The van der Waals surface area contributed by atoms with Crippen LogP contribution in [-0.2, 0) is 41.2 Å². The second-order valence-electron chi connectivity index (χ2n) is 17.5. The molecule has 0 N–H and O–H groups in total. The molecule has 0 heterocycles. The predicted octanol–water partition coefficient (Wildman–Crippen LogP) is 16.2. The molecule has 0 saturated carbocycles. The van der Waals surface area contributed by atoms with Crippen molar-refractivity contribution in [3.05, 3.63) is 0 Å². The van der Waals surface area contributed by atoms with E-state index in [0.717, 1.165) is 36.9 Å². The molecule has 0 aliphatic carbocycles. The van der Waals surface area contributed by atoms with Gasteiger partial charge in [-0.15, -0.1) is 11.4 Å². The summed E-state index contributed by atoms with van der Waals surface area (Å²) in [7, 11) is -2.94. The van der Waals surface area contributed by atoms with E-state index in [1.165, 1.54) is 24.9 Å². The lowest BCUT2D eigenvalue weighted by molar-refractivity contribution is -0.140. The van der Waals surface area contributed by atoms with Gasteiger partial charge >= 0.3 is 5.97 Å². The second-order valence-corrected chi connectivity index (χ2v) is 30.8. The van der Waals surface area contributed by atoms with E-state index in [2.05, 4.69) is 104 Å². The maximum absolute atomic E-state index is 11.7. The molecular formula is C41H86O9P4S4. The zero-order valence-corrected chi connectivity index (χ0v) is 46.4. The van der Waals surface area contributed by atoms with Gasteiger partial charge in [-0.2, -0.15) is 0 Å². The van der Waals surface area contributed by atoms with Gasteiger partial charge in [0.15, 0.2) is 0 Å². The molecule has 9 nitrogen and oxygen atoms in total. The number of hydrogen-bond acceptors (Lipinski definition) is 13. The first kappa shape index (κ1) is 60.3. The fourth-order valence-corrected chi connectivity index (χ4v) is 21.1. The van der Waals surface area contributed by atoms with E-state index in [1.807, 2.05) is 25.2 Å². The number of rotatable bonds is 37. The number of esters is 1. The Balaban J connectivity index is 5.93. The number of carbonyl (C=O) groups excluding carboxylic acids is 1.